The SMILES string of the molecule is COc1ccc(-c2cc(NC(=O)NC(CO)c3ccccc3)ccc2OC(F)F)cc1. The number of alkyl halides is 2. The zero-order valence-corrected chi connectivity index (χ0v) is 16.7. The lowest BCUT2D eigenvalue weighted by Gasteiger charge is -2.18. The second-order valence-corrected chi connectivity index (χ2v) is 6.56. The van der Waals surface area contributed by atoms with Crippen LogP contribution in [0.4, 0.5) is 19.3 Å². The molecule has 0 saturated carbocycles. The summed E-state index contributed by atoms with van der Waals surface area (Å²) >= 11 is 0. The van der Waals surface area contributed by atoms with E-state index in [-0.39, 0.29) is 12.4 Å². The number of benzene rings is 3. The highest BCUT2D eigenvalue weighted by Gasteiger charge is 2.16. The van der Waals surface area contributed by atoms with E-state index in [1.807, 2.05) is 6.07 Å². The van der Waals surface area contributed by atoms with Crippen LogP contribution in [0.3, 0.4) is 0 Å². The van der Waals surface area contributed by atoms with Gasteiger partial charge in [-0.25, -0.2) is 4.79 Å². The van der Waals surface area contributed by atoms with Crippen LogP contribution in [0.2, 0.25) is 0 Å². The average molecular weight is 428 g/mol. The molecule has 8 heteroatoms. The van der Waals surface area contributed by atoms with Gasteiger partial charge in [-0.2, -0.15) is 8.78 Å². The molecule has 1 atom stereocenters. The van der Waals surface area contributed by atoms with Gasteiger partial charge < -0.3 is 25.2 Å². The molecule has 0 fully saturated rings. The van der Waals surface area contributed by atoms with Gasteiger partial charge in [-0.3, -0.25) is 0 Å². The number of carbonyl (C=O) groups is 1. The van der Waals surface area contributed by atoms with E-state index in [1.54, 1.807) is 48.5 Å². The first-order valence-electron chi connectivity index (χ1n) is 9.46. The van der Waals surface area contributed by atoms with Gasteiger partial charge in [0.25, 0.3) is 0 Å². The van der Waals surface area contributed by atoms with Crippen molar-refractivity contribution in [2.45, 2.75) is 12.7 Å². The second-order valence-electron chi connectivity index (χ2n) is 6.56. The normalized spacial score (nSPS) is 11.6. The molecule has 0 saturated heterocycles. The van der Waals surface area contributed by atoms with Gasteiger partial charge in [-0.05, 0) is 41.5 Å². The third-order valence-corrected chi connectivity index (χ3v) is 4.54. The fraction of sp³-hybridized carbons (Fsp3) is 0.174. The molecule has 0 aromatic heterocycles. The molecule has 3 N–H and O–H groups in total. The lowest BCUT2D eigenvalue weighted by atomic mass is 10.0. The largest absolute Gasteiger partial charge is 0.497 e. The number of nitrogens with one attached hydrogen (secondary N) is 2. The molecule has 2 amide bonds. The van der Waals surface area contributed by atoms with Gasteiger partial charge in [0.1, 0.15) is 11.5 Å². The molecular formula is C23H22F2N2O4. The van der Waals surface area contributed by atoms with E-state index < -0.39 is 18.7 Å². The summed E-state index contributed by atoms with van der Waals surface area (Å²) in [7, 11) is 1.53. The number of hydrogen-bond donors (Lipinski definition) is 3. The van der Waals surface area contributed by atoms with Crippen LogP contribution in [-0.2, 0) is 0 Å². The smallest absolute Gasteiger partial charge is 0.387 e. The van der Waals surface area contributed by atoms with Gasteiger partial charge in [0.2, 0.25) is 0 Å². The highest BCUT2D eigenvalue weighted by Crippen LogP contribution is 2.34. The van der Waals surface area contributed by atoms with Crippen LogP contribution in [0.5, 0.6) is 11.5 Å². The minimum Gasteiger partial charge on any atom is -0.497 e. The number of anilines is 1. The van der Waals surface area contributed by atoms with Gasteiger partial charge in [-0.1, -0.05) is 42.5 Å². The molecule has 1 unspecified atom stereocenters. The first-order chi connectivity index (χ1) is 15.0. The Morgan fingerprint density at radius 1 is 1.03 bits per heavy atom. The minimum atomic E-state index is -2.99. The van der Waals surface area contributed by atoms with Gasteiger partial charge in [-0.15, -0.1) is 0 Å². The number of aliphatic hydroxyl groups is 1. The van der Waals surface area contributed by atoms with E-state index >= 15 is 0 Å². The lowest BCUT2D eigenvalue weighted by Crippen LogP contribution is -2.34. The number of rotatable bonds is 8. The van der Waals surface area contributed by atoms with Gasteiger partial charge in [0, 0.05) is 11.3 Å². The van der Waals surface area contributed by atoms with E-state index in [4.69, 9.17) is 4.74 Å². The number of ether oxygens (including phenoxy) is 2. The van der Waals surface area contributed by atoms with Crippen molar-refractivity contribution >= 4 is 11.7 Å². The number of aliphatic hydroxyl groups excluding tert-OH is 1. The van der Waals surface area contributed by atoms with Crippen molar-refractivity contribution < 1.29 is 28.2 Å². The average Bonchev–Trinajstić information content (AvgIpc) is 2.79. The maximum atomic E-state index is 12.8. The third-order valence-electron chi connectivity index (χ3n) is 4.54. The Morgan fingerprint density at radius 2 is 1.74 bits per heavy atom. The number of hydrogen-bond acceptors (Lipinski definition) is 4. The summed E-state index contributed by atoms with van der Waals surface area (Å²) in [6, 6.07) is 19.0. The van der Waals surface area contributed by atoms with Crippen molar-refractivity contribution in [3.63, 3.8) is 0 Å². The van der Waals surface area contributed by atoms with E-state index in [2.05, 4.69) is 15.4 Å². The summed E-state index contributed by atoms with van der Waals surface area (Å²) < 4.78 is 35.4. The van der Waals surface area contributed by atoms with Crippen LogP contribution >= 0.6 is 0 Å². The molecule has 0 aliphatic heterocycles. The molecule has 6 nitrogen and oxygen atoms in total. The van der Waals surface area contributed by atoms with E-state index in [0.29, 0.717) is 22.6 Å². The van der Waals surface area contributed by atoms with Crippen molar-refractivity contribution in [1.82, 2.24) is 5.32 Å². The van der Waals surface area contributed by atoms with Crippen molar-refractivity contribution in [3.8, 4) is 22.6 Å². The van der Waals surface area contributed by atoms with E-state index in [0.717, 1.165) is 5.56 Å². The first-order valence-corrected chi connectivity index (χ1v) is 9.46. The predicted octanol–water partition coefficient (Wildman–Crippen LogP) is 4.82. The van der Waals surface area contributed by atoms with Crippen LogP contribution in [0.1, 0.15) is 11.6 Å². The fourth-order valence-electron chi connectivity index (χ4n) is 3.05. The maximum absolute atomic E-state index is 12.8. The third kappa shape index (κ3) is 5.93. The zero-order chi connectivity index (χ0) is 22.2. The van der Waals surface area contributed by atoms with Crippen molar-refractivity contribution in [2.75, 3.05) is 19.0 Å². The van der Waals surface area contributed by atoms with Gasteiger partial charge in [0.15, 0.2) is 0 Å². The Kier molecular flexibility index (Phi) is 7.40. The van der Waals surface area contributed by atoms with Crippen LogP contribution in [-0.4, -0.2) is 31.5 Å². The number of halogens is 2. The molecule has 0 heterocycles. The number of amides is 2. The summed E-state index contributed by atoms with van der Waals surface area (Å²) in [5.41, 5.74) is 2.11. The fourth-order valence-corrected chi connectivity index (χ4v) is 3.05. The van der Waals surface area contributed by atoms with Crippen LogP contribution in [0.15, 0.2) is 72.8 Å². The van der Waals surface area contributed by atoms with E-state index in [9.17, 15) is 18.7 Å². The molecule has 31 heavy (non-hydrogen) atoms. The van der Waals surface area contributed by atoms with Crippen molar-refractivity contribution in [3.05, 3.63) is 78.4 Å². The minimum absolute atomic E-state index is 0.0244. The standard InChI is InChI=1S/C23H22F2N2O4/c1-30-18-10-7-15(8-11-18)19-13-17(9-12-21(19)31-22(24)25)26-23(29)27-20(14-28)16-5-3-2-4-6-16/h2-13,20,22,28H,14H2,1H3,(H2,26,27,29). The Balaban J connectivity index is 1.81. The molecule has 0 aliphatic rings. The van der Waals surface area contributed by atoms with Crippen molar-refractivity contribution in [1.29, 1.82) is 0 Å². The Hall–Kier alpha value is -3.65. The maximum Gasteiger partial charge on any atom is 0.387 e. The van der Waals surface area contributed by atoms with Crippen molar-refractivity contribution in [2.24, 2.45) is 0 Å². The summed E-state index contributed by atoms with van der Waals surface area (Å²) in [6.07, 6.45) is 0. The van der Waals surface area contributed by atoms with E-state index in [1.165, 1.54) is 25.3 Å². The highest BCUT2D eigenvalue weighted by atomic mass is 19.3. The molecule has 0 aliphatic carbocycles. The van der Waals surface area contributed by atoms with Crippen LogP contribution in [0.25, 0.3) is 11.1 Å². The summed E-state index contributed by atoms with van der Waals surface area (Å²) in [5, 5.41) is 15.0. The summed E-state index contributed by atoms with van der Waals surface area (Å²) in [6.45, 7) is -3.27. The first kappa shape index (κ1) is 22.0. The Morgan fingerprint density at radius 3 is 2.35 bits per heavy atom. The summed E-state index contributed by atoms with van der Waals surface area (Å²) in [5.74, 6) is 0.591. The molecule has 3 rings (SSSR count). The van der Waals surface area contributed by atoms with Crippen LogP contribution in [0, 0.1) is 0 Å². The highest BCUT2D eigenvalue weighted by molar-refractivity contribution is 5.91. The van der Waals surface area contributed by atoms with Gasteiger partial charge in [0.05, 0.1) is 19.8 Å². The van der Waals surface area contributed by atoms with Crippen LogP contribution < -0.4 is 20.1 Å². The lowest BCUT2D eigenvalue weighted by molar-refractivity contribution is -0.0494. The number of urea groups is 1. The molecule has 0 bridgehead atoms. The quantitative estimate of drug-likeness (QED) is 0.481. The monoisotopic (exact) mass is 428 g/mol. The summed E-state index contributed by atoms with van der Waals surface area (Å²) in [4.78, 5) is 12.4. The molecular weight excluding hydrogens is 406 g/mol. The zero-order valence-electron chi connectivity index (χ0n) is 16.7. The number of methoxy groups -OCH3 is 1. The topological polar surface area (TPSA) is 79.8 Å². The molecule has 0 spiro atoms. The Bertz CT molecular complexity index is 998. The molecule has 0 radical (unpaired) electrons. The second kappa shape index (κ2) is 10.4. The predicted molar refractivity (Wildman–Crippen MR) is 113 cm³/mol. The number of carbonyl (C=O) groups excluding carboxylic acids is 1. The van der Waals surface area contributed by atoms with Gasteiger partial charge >= 0.3 is 12.6 Å². The molecule has 3 aromatic carbocycles. The Labute approximate surface area is 178 Å². The molecule has 3 aromatic rings. The molecule has 162 valence electrons.